The molecule has 2 N–H and O–H groups in total. The van der Waals surface area contributed by atoms with Gasteiger partial charge in [0.1, 0.15) is 6.54 Å². The molecule has 0 aliphatic carbocycles. The van der Waals surface area contributed by atoms with Crippen molar-refractivity contribution in [3.8, 4) is 0 Å². The number of nitrogens with one attached hydrogen (secondary N) is 1. The lowest BCUT2D eigenvalue weighted by atomic mass is 10.0. The minimum Gasteiger partial charge on any atom is -0.480 e. The second kappa shape index (κ2) is 5.38. The molecule has 2 amide bonds. The molecule has 0 fully saturated rings. The van der Waals surface area contributed by atoms with Crippen molar-refractivity contribution in [3.05, 3.63) is 0 Å². The van der Waals surface area contributed by atoms with E-state index >= 15 is 0 Å². The van der Waals surface area contributed by atoms with Gasteiger partial charge >= 0.3 is 12.0 Å². The first-order valence-electron chi connectivity index (χ1n) is 5.81. The fourth-order valence-corrected chi connectivity index (χ4v) is 1.19. The maximum Gasteiger partial charge on any atom is 0.323 e. The molecule has 0 aliphatic heterocycles. The van der Waals surface area contributed by atoms with Gasteiger partial charge in [0.05, 0.1) is 0 Å². The van der Waals surface area contributed by atoms with Crippen LogP contribution in [0.3, 0.4) is 0 Å². The van der Waals surface area contributed by atoms with Crippen molar-refractivity contribution in [2.75, 3.05) is 6.54 Å². The van der Waals surface area contributed by atoms with Gasteiger partial charge in [-0.15, -0.1) is 0 Å². The highest BCUT2D eigenvalue weighted by atomic mass is 16.4. The first-order valence-corrected chi connectivity index (χ1v) is 5.81. The maximum atomic E-state index is 12.1. The molecule has 100 valence electrons. The Kier molecular flexibility index (Phi) is 4.98. The largest absolute Gasteiger partial charge is 0.480 e. The molecule has 17 heavy (non-hydrogen) atoms. The van der Waals surface area contributed by atoms with Gasteiger partial charge in [0, 0.05) is 11.1 Å². The standard InChI is InChI=1S/C12H24N2O3/c1-7-12(5,6)13-10(17)14(8-9(15)16)11(2,3)4/h7-8H2,1-6H3,(H,13,17)(H,15,16). The number of carboxylic acid groups (broad SMARTS) is 1. The second-order valence-electron chi connectivity index (χ2n) is 5.82. The summed E-state index contributed by atoms with van der Waals surface area (Å²) in [6, 6.07) is -0.341. The van der Waals surface area contributed by atoms with Crippen LogP contribution in [0.5, 0.6) is 0 Å². The lowest BCUT2D eigenvalue weighted by molar-refractivity contribution is -0.138. The monoisotopic (exact) mass is 244 g/mol. The third-order valence-corrected chi connectivity index (χ3v) is 2.68. The second-order valence-corrected chi connectivity index (χ2v) is 5.82. The Balaban J connectivity index is 4.83. The van der Waals surface area contributed by atoms with Gasteiger partial charge in [-0.05, 0) is 41.0 Å². The highest BCUT2D eigenvalue weighted by Crippen LogP contribution is 2.15. The Labute approximate surface area is 103 Å². The summed E-state index contributed by atoms with van der Waals surface area (Å²) in [5.41, 5.74) is -0.856. The van der Waals surface area contributed by atoms with Crippen LogP contribution in [-0.4, -0.2) is 39.6 Å². The quantitative estimate of drug-likeness (QED) is 0.795. The number of carbonyl (C=O) groups is 2. The van der Waals surface area contributed by atoms with E-state index in [-0.39, 0.29) is 18.1 Å². The molecule has 0 aromatic carbocycles. The van der Waals surface area contributed by atoms with Crippen molar-refractivity contribution >= 4 is 12.0 Å². The van der Waals surface area contributed by atoms with Crippen molar-refractivity contribution in [2.45, 2.75) is 59.0 Å². The predicted molar refractivity (Wildman–Crippen MR) is 67.0 cm³/mol. The predicted octanol–water partition coefficient (Wildman–Crippen LogP) is 2.07. The van der Waals surface area contributed by atoms with Gasteiger partial charge in [-0.25, -0.2) is 4.79 Å². The van der Waals surface area contributed by atoms with Crippen LogP contribution < -0.4 is 5.32 Å². The molecule has 0 aliphatic rings. The molecule has 0 aromatic heterocycles. The van der Waals surface area contributed by atoms with E-state index in [4.69, 9.17) is 5.11 Å². The van der Waals surface area contributed by atoms with E-state index in [1.807, 2.05) is 41.5 Å². The van der Waals surface area contributed by atoms with E-state index in [1.165, 1.54) is 4.90 Å². The molecule has 0 bridgehead atoms. The van der Waals surface area contributed by atoms with Crippen LogP contribution in [0.15, 0.2) is 0 Å². The van der Waals surface area contributed by atoms with Crippen LogP contribution in [0.25, 0.3) is 0 Å². The van der Waals surface area contributed by atoms with Crippen molar-refractivity contribution in [2.24, 2.45) is 0 Å². The molecular formula is C12H24N2O3. The first-order chi connectivity index (χ1) is 7.49. The maximum absolute atomic E-state index is 12.1. The minimum atomic E-state index is -1.01. The summed E-state index contributed by atoms with van der Waals surface area (Å²) in [5, 5.41) is 11.7. The summed E-state index contributed by atoms with van der Waals surface area (Å²) < 4.78 is 0. The smallest absolute Gasteiger partial charge is 0.323 e. The van der Waals surface area contributed by atoms with Gasteiger partial charge in [0.25, 0.3) is 0 Å². The number of aliphatic carboxylic acids is 1. The molecule has 0 radical (unpaired) electrons. The van der Waals surface area contributed by atoms with Gasteiger partial charge in [-0.1, -0.05) is 6.92 Å². The van der Waals surface area contributed by atoms with E-state index in [1.54, 1.807) is 0 Å². The molecule has 0 saturated carbocycles. The van der Waals surface area contributed by atoms with Crippen molar-refractivity contribution in [3.63, 3.8) is 0 Å². The summed E-state index contributed by atoms with van der Waals surface area (Å²) in [7, 11) is 0. The molecule has 5 heteroatoms. The van der Waals surface area contributed by atoms with Crippen LogP contribution in [0.1, 0.15) is 48.0 Å². The summed E-state index contributed by atoms with van der Waals surface area (Å²) in [5.74, 6) is -1.01. The van der Waals surface area contributed by atoms with Gasteiger partial charge in [0.15, 0.2) is 0 Å². The number of hydrogen-bond donors (Lipinski definition) is 2. The van der Waals surface area contributed by atoms with E-state index < -0.39 is 11.5 Å². The lowest BCUT2D eigenvalue weighted by Gasteiger charge is -2.37. The number of nitrogens with zero attached hydrogens (tertiary/aromatic N) is 1. The van der Waals surface area contributed by atoms with Gasteiger partial charge < -0.3 is 15.3 Å². The zero-order valence-electron chi connectivity index (χ0n) is 11.6. The van der Waals surface area contributed by atoms with E-state index in [2.05, 4.69) is 5.32 Å². The number of rotatable bonds is 4. The summed E-state index contributed by atoms with van der Waals surface area (Å²) in [6.07, 6.45) is 0.782. The van der Waals surface area contributed by atoms with Gasteiger partial charge in [0.2, 0.25) is 0 Å². The Morgan fingerprint density at radius 2 is 1.65 bits per heavy atom. The SMILES string of the molecule is CCC(C)(C)NC(=O)N(CC(=O)O)C(C)(C)C. The summed E-state index contributed by atoms with van der Waals surface area (Å²) in [4.78, 5) is 24.2. The van der Waals surface area contributed by atoms with Crippen LogP contribution >= 0.6 is 0 Å². The van der Waals surface area contributed by atoms with Crippen molar-refractivity contribution < 1.29 is 14.7 Å². The molecule has 5 nitrogen and oxygen atoms in total. The Hall–Kier alpha value is -1.26. The average molecular weight is 244 g/mol. The lowest BCUT2D eigenvalue weighted by Crippen LogP contribution is -2.56. The summed E-state index contributed by atoms with van der Waals surface area (Å²) >= 11 is 0. The third-order valence-electron chi connectivity index (χ3n) is 2.68. The highest BCUT2D eigenvalue weighted by Gasteiger charge is 2.31. The van der Waals surface area contributed by atoms with Crippen LogP contribution in [0, 0.1) is 0 Å². The van der Waals surface area contributed by atoms with Crippen molar-refractivity contribution in [1.29, 1.82) is 0 Å². The number of amides is 2. The van der Waals surface area contributed by atoms with Crippen LogP contribution in [-0.2, 0) is 4.79 Å². The van der Waals surface area contributed by atoms with Gasteiger partial charge in [-0.3, -0.25) is 4.79 Å². The van der Waals surface area contributed by atoms with Crippen LogP contribution in [0.4, 0.5) is 4.79 Å². The number of urea groups is 1. The molecule has 0 heterocycles. The van der Waals surface area contributed by atoms with Gasteiger partial charge in [-0.2, -0.15) is 0 Å². The van der Waals surface area contributed by atoms with E-state index in [0.717, 1.165) is 6.42 Å². The average Bonchev–Trinajstić information content (AvgIpc) is 2.11. The normalized spacial score (nSPS) is 12.1. The molecule has 0 spiro atoms. The highest BCUT2D eigenvalue weighted by molar-refractivity contribution is 5.81. The molecule has 0 atom stereocenters. The van der Waals surface area contributed by atoms with Crippen LogP contribution in [0.2, 0.25) is 0 Å². The Morgan fingerprint density at radius 1 is 1.18 bits per heavy atom. The fraction of sp³-hybridized carbons (Fsp3) is 0.833. The molecule has 0 saturated heterocycles. The zero-order chi connectivity index (χ0) is 13.9. The Morgan fingerprint density at radius 3 is 1.94 bits per heavy atom. The molecule has 0 aromatic rings. The van der Waals surface area contributed by atoms with E-state index in [0.29, 0.717) is 0 Å². The molecule has 0 rings (SSSR count). The zero-order valence-corrected chi connectivity index (χ0v) is 11.6. The summed E-state index contributed by atoms with van der Waals surface area (Å²) in [6.45, 7) is 10.9. The number of hydrogen-bond acceptors (Lipinski definition) is 2. The third kappa shape index (κ3) is 5.56. The topological polar surface area (TPSA) is 69.6 Å². The fourth-order valence-electron chi connectivity index (χ4n) is 1.19. The number of carboxylic acids is 1. The van der Waals surface area contributed by atoms with Crippen molar-refractivity contribution in [1.82, 2.24) is 10.2 Å². The molecule has 0 unspecified atom stereocenters. The first kappa shape index (κ1) is 15.7. The number of carbonyl (C=O) groups excluding carboxylic acids is 1. The minimum absolute atomic E-state index is 0.297. The van der Waals surface area contributed by atoms with E-state index in [9.17, 15) is 9.59 Å². The Bertz CT molecular complexity index is 293. The molecular weight excluding hydrogens is 220 g/mol.